The van der Waals surface area contributed by atoms with Crippen LogP contribution in [-0.4, -0.2) is 40.9 Å². The van der Waals surface area contributed by atoms with Gasteiger partial charge in [-0.15, -0.1) is 0 Å². The van der Waals surface area contributed by atoms with Crippen molar-refractivity contribution in [2.45, 2.75) is 38.9 Å². The summed E-state index contributed by atoms with van der Waals surface area (Å²) >= 11 is 6.06. The molecule has 0 spiro atoms. The van der Waals surface area contributed by atoms with Crippen molar-refractivity contribution in [3.05, 3.63) is 46.2 Å². The van der Waals surface area contributed by atoms with Gasteiger partial charge in [0.2, 0.25) is 5.91 Å². The molecule has 31 heavy (non-hydrogen) atoms. The lowest BCUT2D eigenvalue weighted by molar-refractivity contribution is -0.137. The molecule has 0 aliphatic carbocycles. The molecular formula is C20H21ClF3N5O2. The van der Waals surface area contributed by atoms with Gasteiger partial charge in [0.15, 0.2) is 0 Å². The number of halogens is 4. The van der Waals surface area contributed by atoms with Crippen LogP contribution in [0.3, 0.4) is 0 Å². The number of carbonyl (C=O) groups is 2. The van der Waals surface area contributed by atoms with Crippen LogP contribution in [-0.2, 0) is 11.0 Å². The van der Waals surface area contributed by atoms with Gasteiger partial charge >= 0.3 is 6.18 Å². The van der Waals surface area contributed by atoms with Crippen LogP contribution in [0.4, 0.5) is 24.8 Å². The third-order valence-electron chi connectivity index (χ3n) is 4.72. The van der Waals surface area contributed by atoms with Gasteiger partial charge in [-0.25, -0.2) is 9.97 Å². The zero-order valence-corrected chi connectivity index (χ0v) is 17.6. The van der Waals surface area contributed by atoms with Crippen LogP contribution in [0.25, 0.3) is 0 Å². The quantitative estimate of drug-likeness (QED) is 0.732. The van der Waals surface area contributed by atoms with Gasteiger partial charge in [-0.3, -0.25) is 9.59 Å². The standard InChI is InChI=1S/C20H21ClF3N5O2/c1-11-6-13(7-17(26-11)27-12(2)30)19(31)28-15-4-3-5-29(10-15)18-16(21)8-14(9-25-18)20(22,23)24/h6-9,15H,3-5,10H2,1-2H3,(H,28,31)(H,26,27,30). The van der Waals surface area contributed by atoms with Gasteiger partial charge in [-0.05, 0) is 38.0 Å². The van der Waals surface area contributed by atoms with Gasteiger partial charge in [0, 0.05) is 43.5 Å². The number of aryl methyl sites for hydroxylation is 1. The summed E-state index contributed by atoms with van der Waals surface area (Å²) in [6, 6.07) is 3.70. The molecule has 0 saturated carbocycles. The number of carbonyl (C=O) groups excluding carboxylic acids is 2. The number of hydrogen-bond donors (Lipinski definition) is 2. The highest BCUT2D eigenvalue weighted by Gasteiger charge is 2.32. The van der Waals surface area contributed by atoms with E-state index in [0.29, 0.717) is 37.2 Å². The van der Waals surface area contributed by atoms with E-state index in [1.165, 1.54) is 13.0 Å². The van der Waals surface area contributed by atoms with E-state index in [-0.39, 0.29) is 34.5 Å². The topological polar surface area (TPSA) is 87.2 Å². The molecule has 2 N–H and O–H groups in total. The van der Waals surface area contributed by atoms with Crippen LogP contribution in [0, 0.1) is 6.92 Å². The first-order chi connectivity index (χ1) is 14.5. The Labute approximate surface area is 182 Å². The van der Waals surface area contributed by atoms with Crippen molar-refractivity contribution in [2.75, 3.05) is 23.3 Å². The highest BCUT2D eigenvalue weighted by Crippen LogP contribution is 2.34. The monoisotopic (exact) mass is 455 g/mol. The van der Waals surface area contributed by atoms with Crippen LogP contribution >= 0.6 is 11.6 Å². The summed E-state index contributed by atoms with van der Waals surface area (Å²) in [6.07, 6.45) is -2.36. The van der Waals surface area contributed by atoms with Crippen LogP contribution in [0.15, 0.2) is 24.4 Å². The second-order valence-electron chi connectivity index (χ2n) is 7.35. The summed E-state index contributed by atoms with van der Waals surface area (Å²) in [5.74, 6) is -0.103. The smallest absolute Gasteiger partial charge is 0.353 e. The molecule has 1 aliphatic heterocycles. The molecule has 166 valence electrons. The average molecular weight is 456 g/mol. The molecule has 1 aliphatic rings. The lowest BCUT2D eigenvalue weighted by Crippen LogP contribution is -2.48. The van der Waals surface area contributed by atoms with Gasteiger partial charge < -0.3 is 15.5 Å². The second-order valence-corrected chi connectivity index (χ2v) is 7.76. The number of anilines is 2. The Morgan fingerprint density at radius 3 is 2.65 bits per heavy atom. The number of pyridine rings is 2. The summed E-state index contributed by atoms with van der Waals surface area (Å²) in [4.78, 5) is 33.8. The van der Waals surface area contributed by atoms with E-state index in [2.05, 4.69) is 20.6 Å². The number of nitrogens with one attached hydrogen (secondary N) is 2. The number of hydrogen-bond acceptors (Lipinski definition) is 5. The average Bonchev–Trinajstić information content (AvgIpc) is 2.66. The minimum Gasteiger partial charge on any atom is -0.353 e. The van der Waals surface area contributed by atoms with E-state index in [4.69, 9.17) is 11.6 Å². The largest absolute Gasteiger partial charge is 0.417 e. The molecule has 11 heteroatoms. The van der Waals surface area contributed by atoms with Crippen LogP contribution in [0.5, 0.6) is 0 Å². The van der Waals surface area contributed by atoms with Crippen molar-refractivity contribution < 1.29 is 22.8 Å². The second kappa shape index (κ2) is 9.09. The van der Waals surface area contributed by atoms with E-state index < -0.39 is 11.7 Å². The Bertz CT molecular complexity index is 999. The molecule has 1 fully saturated rings. The zero-order chi connectivity index (χ0) is 22.8. The summed E-state index contributed by atoms with van der Waals surface area (Å²) in [5, 5.41) is 5.39. The fraction of sp³-hybridized carbons (Fsp3) is 0.400. The van der Waals surface area contributed by atoms with Crippen molar-refractivity contribution in [2.24, 2.45) is 0 Å². The number of piperidine rings is 1. The maximum atomic E-state index is 12.8. The van der Waals surface area contributed by atoms with Crippen LogP contribution in [0.1, 0.15) is 41.4 Å². The molecule has 0 radical (unpaired) electrons. The van der Waals surface area contributed by atoms with Crippen LogP contribution in [0.2, 0.25) is 5.02 Å². The molecule has 1 saturated heterocycles. The molecule has 3 rings (SSSR count). The van der Waals surface area contributed by atoms with E-state index >= 15 is 0 Å². The predicted molar refractivity (Wildman–Crippen MR) is 110 cm³/mol. The minimum atomic E-state index is -4.52. The molecule has 1 atom stereocenters. The van der Waals surface area contributed by atoms with Crippen molar-refractivity contribution in [1.82, 2.24) is 15.3 Å². The predicted octanol–water partition coefficient (Wildman–Crippen LogP) is 3.81. The molecule has 2 amide bonds. The van der Waals surface area contributed by atoms with Gasteiger partial charge in [-0.2, -0.15) is 13.2 Å². The Balaban J connectivity index is 1.71. The van der Waals surface area contributed by atoms with Gasteiger partial charge in [0.25, 0.3) is 5.91 Å². The summed E-state index contributed by atoms with van der Waals surface area (Å²) in [7, 11) is 0. The SMILES string of the molecule is CC(=O)Nc1cc(C(=O)NC2CCCN(c3ncc(C(F)(F)F)cc3Cl)C2)cc(C)n1. The Morgan fingerprint density at radius 1 is 1.26 bits per heavy atom. The number of alkyl halides is 3. The number of amides is 2. The van der Waals surface area contributed by atoms with Crippen molar-refractivity contribution in [3.8, 4) is 0 Å². The Morgan fingerprint density at radius 2 is 2.00 bits per heavy atom. The highest BCUT2D eigenvalue weighted by molar-refractivity contribution is 6.33. The summed E-state index contributed by atoms with van der Waals surface area (Å²) in [5.41, 5.74) is 0.00705. The number of rotatable bonds is 4. The molecule has 2 aromatic heterocycles. The van der Waals surface area contributed by atoms with Crippen LogP contribution < -0.4 is 15.5 Å². The Kier molecular flexibility index (Phi) is 6.68. The maximum absolute atomic E-state index is 12.8. The van der Waals surface area contributed by atoms with Crippen molar-refractivity contribution in [3.63, 3.8) is 0 Å². The third-order valence-corrected chi connectivity index (χ3v) is 5.00. The first-order valence-electron chi connectivity index (χ1n) is 9.58. The fourth-order valence-electron chi connectivity index (χ4n) is 3.42. The molecule has 0 aromatic carbocycles. The summed E-state index contributed by atoms with van der Waals surface area (Å²) < 4.78 is 38.5. The molecule has 7 nitrogen and oxygen atoms in total. The normalized spacial score (nSPS) is 16.7. The lowest BCUT2D eigenvalue weighted by atomic mass is 10.0. The minimum absolute atomic E-state index is 0.0912. The Hall–Kier alpha value is -2.88. The molecule has 0 bridgehead atoms. The summed E-state index contributed by atoms with van der Waals surface area (Å²) in [6.45, 7) is 3.97. The zero-order valence-electron chi connectivity index (χ0n) is 16.9. The molecule has 1 unspecified atom stereocenters. The maximum Gasteiger partial charge on any atom is 0.417 e. The van der Waals surface area contributed by atoms with E-state index in [9.17, 15) is 22.8 Å². The van der Waals surface area contributed by atoms with E-state index in [0.717, 1.165) is 12.3 Å². The molecule has 3 heterocycles. The number of nitrogens with zero attached hydrogens (tertiary/aromatic N) is 3. The van der Waals surface area contributed by atoms with Gasteiger partial charge in [0.1, 0.15) is 11.6 Å². The molecular weight excluding hydrogens is 435 g/mol. The van der Waals surface area contributed by atoms with E-state index in [1.807, 2.05) is 0 Å². The first-order valence-corrected chi connectivity index (χ1v) is 9.95. The van der Waals surface area contributed by atoms with Gasteiger partial charge in [0.05, 0.1) is 10.6 Å². The van der Waals surface area contributed by atoms with Gasteiger partial charge in [-0.1, -0.05) is 11.6 Å². The number of aromatic nitrogens is 2. The van der Waals surface area contributed by atoms with Crippen molar-refractivity contribution >= 4 is 35.1 Å². The third kappa shape index (κ3) is 5.84. The lowest BCUT2D eigenvalue weighted by Gasteiger charge is -2.34. The van der Waals surface area contributed by atoms with Crippen molar-refractivity contribution in [1.29, 1.82) is 0 Å². The highest BCUT2D eigenvalue weighted by atomic mass is 35.5. The van der Waals surface area contributed by atoms with E-state index in [1.54, 1.807) is 17.9 Å². The first kappa shape index (κ1) is 22.8. The molecule has 2 aromatic rings. The fourth-order valence-corrected chi connectivity index (χ4v) is 3.70.